The number of nitrogens with one attached hydrogen (secondary N) is 1. The summed E-state index contributed by atoms with van der Waals surface area (Å²) in [4.78, 5) is 5.27. The second-order valence-corrected chi connectivity index (χ2v) is 5.00. The van der Waals surface area contributed by atoms with Gasteiger partial charge in [0.05, 0.1) is 11.6 Å². The summed E-state index contributed by atoms with van der Waals surface area (Å²) in [6.07, 6.45) is -1.18. The first-order valence-electron chi connectivity index (χ1n) is 6.55. The lowest BCUT2D eigenvalue weighted by Gasteiger charge is -2.24. The first-order chi connectivity index (χ1) is 9.55. The van der Waals surface area contributed by atoms with Crippen molar-refractivity contribution in [3.8, 4) is 0 Å². The molecule has 0 aromatic heterocycles. The number of rotatable bonds is 1. The lowest BCUT2D eigenvalue weighted by molar-refractivity contribution is -0.170. The summed E-state index contributed by atoms with van der Waals surface area (Å²) < 4.78 is 39.0. The largest absolute Gasteiger partial charge is 0.397 e. The highest BCUT2D eigenvalue weighted by molar-refractivity contribution is 5.58. The molecule has 1 unspecified atom stereocenters. The van der Waals surface area contributed by atoms with Crippen molar-refractivity contribution in [1.29, 1.82) is 0 Å². The smallest absolute Gasteiger partial charge is 0.382 e. The van der Waals surface area contributed by atoms with Crippen molar-refractivity contribution in [1.82, 2.24) is 5.48 Å². The number of hydrogen-bond acceptors (Lipinski definition) is 2. The van der Waals surface area contributed by atoms with Crippen molar-refractivity contribution in [2.45, 2.75) is 25.4 Å². The van der Waals surface area contributed by atoms with E-state index < -0.39 is 12.1 Å². The highest BCUT2D eigenvalue weighted by atomic mass is 19.4. The van der Waals surface area contributed by atoms with E-state index in [2.05, 4.69) is 5.48 Å². The van der Waals surface area contributed by atoms with Crippen LogP contribution in [0.25, 0.3) is 6.08 Å². The lowest BCUT2D eigenvalue weighted by Crippen LogP contribution is -2.31. The molecular weight excluding hydrogens is 267 g/mol. The molecule has 20 heavy (non-hydrogen) atoms. The number of allylic oxidation sites excluding steroid dienone is 2. The maximum Gasteiger partial charge on any atom is 0.397 e. The predicted octanol–water partition coefficient (Wildman–Crippen LogP) is 4.18. The van der Waals surface area contributed by atoms with Gasteiger partial charge < -0.3 is 4.84 Å². The molecule has 0 saturated heterocycles. The van der Waals surface area contributed by atoms with Gasteiger partial charge in [0.15, 0.2) is 5.76 Å². The van der Waals surface area contributed by atoms with Crippen molar-refractivity contribution in [2.75, 3.05) is 0 Å². The van der Waals surface area contributed by atoms with Crippen LogP contribution in [-0.2, 0) is 4.84 Å². The highest BCUT2D eigenvalue weighted by Crippen LogP contribution is 2.44. The van der Waals surface area contributed by atoms with Crippen molar-refractivity contribution in [2.24, 2.45) is 5.92 Å². The van der Waals surface area contributed by atoms with Crippen LogP contribution in [0.5, 0.6) is 0 Å². The molecular formula is C15H14F3NO. The number of hydroxylamine groups is 1. The molecule has 106 valence electrons. The first kappa shape index (κ1) is 13.1. The molecule has 1 N–H and O–H groups in total. The van der Waals surface area contributed by atoms with Crippen LogP contribution < -0.4 is 5.48 Å². The molecule has 1 aromatic carbocycles. The molecule has 0 saturated carbocycles. The molecule has 2 nitrogen and oxygen atoms in total. The van der Waals surface area contributed by atoms with E-state index in [0.29, 0.717) is 24.2 Å². The Kier molecular flexibility index (Phi) is 3.20. The minimum absolute atomic E-state index is 0.122. The topological polar surface area (TPSA) is 21.3 Å². The third kappa shape index (κ3) is 2.40. The second kappa shape index (κ2) is 4.89. The Morgan fingerprint density at radius 1 is 1.20 bits per heavy atom. The zero-order chi connectivity index (χ0) is 14.2. The molecule has 1 heterocycles. The summed E-state index contributed by atoms with van der Waals surface area (Å²) in [6, 6.07) is 9.42. The van der Waals surface area contributed by atoms with Crippen LogP contribution in [0.1, 0.15) is 24.8 Å². The van der Waals surface area contributed by atoms with Gasteiger partial charge in [0, 0.05) is 5.57 Å². The van der Waals surface area contributed by atoms with E-state index in [0.717, 1.165) is 5.56 Å². The Hall–Kier alpha value is -1.91. The Labute approximate surface area is 114 Å². The van der Waals surface area contributed by atoms with Gasteiger partial charge in [-0.25, -0.2) is 5.48 Å². The highest BCUT2D eigenvalue weighted by Gasteiger charge is 2.46. The van der Waals surface area contributed by atoms with Gasteiger partial charge in [-0.15, -0.1) is 0 Å². The molecule has 3 rings (SSSR count). The quantitative estimate of drug-likeness (QED) is 0.833. The van der Waals surface area contributed by atoms with Crippen molar-refractivity contribution in [3.63, 3.8) is 0 Å². The van der Waals surface area contributed by atoms with Crippen molar-refractivity contribution >= 4 is 6.08 Å². The van der Waals surface area contributed by atoms with E-state index >= 15 is 0 Å². The lowest BCUT2D eigenvalue weighted by atomic mass is 9.86. The van der Waals surface area contributed by atoms with E-state index in [9.17, 15) is 13.2 Å². The number of halogens is 3. The van der Waals surface area contributed by atoms with Gasteiger partial charge in [-0.3, -0.25) is 0 Å². The van der Waals surface area contributed by atoms with Crippen LogP contribution in [-0.4, -0.2) is 6.18 Å². The molecule has 0 bridgehead atoms. The molecule has 1 aromatic rings. The summed E-state index contributed by atoms with van der Waals surface area (Å²) in [5.41, 5.74) is 4.23. The fourth-order valence-corrected chi connectivity index (χ4v) is 2.68. The summed E-state index contributed by atoms with van der Waals surface area (Å²) in [7, 11) is 0. The Bertz CT molecular complexity index is 560. The number of benzene rings is 1. The maximum absolute atomic E-state index is 13.0. The average molecular weight is 281 g/mol. The standard InChI is InChI=1S/C15H14F3NO/c16-15(17,18)12-8-4-7-11-13(20-19-14(11)12)9-10-5-2-1-3-6-10/h1-3,5-6,9,12,19H,4,7-8H2. The summed E-state index contributed by atoms with van der Waals surface area (Å²) >= 11 is 0. The van der Waals surface area contributed by atoms with Crippen molar-refractivity contribution < 1.29 is 18.0 Å². The molecule has 0 fully saturated rings. The average Bonchev–Trinajstić information content (AvgIpc) is 2.82. The van der Waals surface area contributed by atoms with Gasteiger partial charge in [0.25, 0.3) is 0 Å². The molecule has 5 heteroatoms. The predicted molar refractivity (Wildman–Crippen MR) is 69.1 cm³/mol. The van der Waals surface area contributed by atoms with Gasteiger partial charge in [-0.05, 0) is 30.9 Å². The molecule has 0 amide bonds. The van der Waals surface area contributed by atoms with E-state index in [1.807, 2.05) is 30.3 Å². The van der Waals surface area contributed by atoms with E-state index in [-0.39, 0.29) is 12.1 Å². The fraction of sp³-hybridized carbons (Fsp3) is 0.333. The zero-order valence-corrected chi connectivity index (χ0v) is 10.7. The summed E-state index contributed by atoms with van der Waals surface area (Å²) in [5.74, 6) is -0.937. The van der Waals surface area contributed by atoms with Gasteiger partial charge >= 0.3 is 6.18 Å². The zero-order valence-electron chi connectivity index (χ0n) is 10.7. The van der Waals surface area contributed by atoms with Crippen LogP contribution in [0.15, 0.2) is 47.4 Å². The SMILES string of the molecule is FC(F)(F)C1CCCC2=C1NOC2=Cc1ccccc1. The maximum atomic E-state index is 13.0. The second-order valence-electron chi connectivity index (χ2n) is 5.00. The van der Waals surface area contributed by atoms with E-state index in [1.54, 1.807) is 6.08 Å². The number of hydrogen-bond donors (Lipinski definition) is 1. The van der Waals surface area contributed by atoms with Gasteiger partial charge in [-0.2, -0.15) is 13.2 Å². The third-order valence-electron chi connectivity index (χ3n) is 3.65. The molecule has 1 atom stereocenters. The number of alkyl halides is 3. The van der Waals surface area contributed by atoms with E-state index in [1.165, 1.54) is 0 Å². The normalized spacial score (nSPS) is 24.4. The van der Waals surface area contributed by atoms with Crippen LogP contribution >= 0.6 is 0 Å². The monoisotopic (exact) mass is 281 g/mol. The minimum Gasteiger partial charge on any atom is -0.382 e. The van der Waals surface area contributed by atoms with Crippen LogP contribution in [0.3, 0.4) is 0 Å². The molecule has 1 aliphatic heterocycles. The Morgan fingerprint density at radius 3 is 2.65 bits per heavy atom. The summed E-state index contributed by atoms with van der Waals surface area (Å²) in [5, 5.41) is 0. The third-order valence-corrected chi connectivity index (χ3v) is 3.65. The molecule has 0 radical (unpaired) electrons. The van der Waals surface area contributed by atoms with Crippen LogP contribution in [0, 0.1) is 5.92 Å². The van der Waals surface area contributed by atoms with Gasteiger partial charge in [-0.1, -0.05) is 30.3 Å². The van der Waals surface area contributed by atoms with Gasteiger partial charge in [0.2, 0.25) is 0 Å². The van der Waals surface area contributed by atoms with E-state index in [4.69, 9.17) is 4.84 Å². The fourth-order valence-electron chi connectivity index (χ4n) is 2.68. The molecule has 1 aliphatic carbocycles. The Morgan fingerprint density at radius 2 is 1.95 bits per heavy atom. The summed E-state index contributed by atoms with van der Waals surface area (Å²) in [6.45, 7) is 0. The van der Waals surface area contributed by atoms with Crippen LogP contribution in [0.4, 0.5) is 13.2 Å². The van der Waals surface area contributed by atoms with Crippen LogP contribution in [0.2, 0.25) is 0 Å². The Balaban J connectivity index is 1.94. The van der Waals surface area contributed by atoms with Crippen molar-refractivity contribution in [3.05, 3.63) is 52.9 Å². The van der Waals surface area contributed by atoms with Gasteiger partial charge in [0.1, 0.15) is 0 Å². The molecule has 0 spiro atoms. The molecule has 2 aliphatic rings. The minimum atomic E-state index is -4.22. The first-order valence-corrected chi connectivity index (χ1v) is 6.55.